The molecule has 1 aliphatic rings. The van der Waals surface area contributed by atoms with E-state index in [2.05, 4.69) is 23.5 Å². The number of carbonyl (C=O) groups is 3. The Hall–Kier alpha value is -4.07. The van der Waals surface area contributed by atoms with E-state index in [1.54, 1.807) is 24.3 Å². The molecule has 1 aliphatic heterocycles. The number of carbonyl (C=O) groups excluding carboxylic acids is 3. The predicted molar refractivity (Wildman–Crippen MR) is 152 cm³/mol. The summed E-state index contributed by atoms with van der Waals surface area (Å²) in [6, 6.07) is 26.7. The van der Waals surface area contributed by atoms with Crippen molar-refractivity contribution in [3.63, 3.8) is 0 Å². The maximum atomic E-state index is 12.9. The van der Waals surface area contributed by atoms with Gasteiger partial charge >= 0.3 is 0 Å². The number of amides is 3. The van der Waals surface area contributed by atoms with Gasteiger partial charge in [0.2, 0.25) is 5.91 Å². The highest BCUT2D eigenvalue weighted by atomic mass is 35.5. The number of ether oxygens (including phenoxy) is 1. The smallest absolute Gasteiger partial charge is 0.294 e. The van der Waals surface area contributed by atoms with Crippen molar-refractivity contribution < 1.29 is 19.1 Å². The van der Waals surface area contributed by atoms with Crippen LogP contribution in [0.4, 0.5) is 10.5 Å². The molecular formula is C30H23ClN2O4S. The Morgan fingerprint density at radius 2 is 1.79 bits per heavy atom. The fourth-order valence-corrected chi connectivity index (χ4v) is 5.09. The van der Waals surface area contributed by atoms with Gasteiger partial charge in [-0.3, -0.25) is 19.3 Å². The Balaban J connectivity index is 1.24. The van der Waals surface area contributed by atoms with Crippen LogP contribution in [0.2, 0.25) is 5.02 Å². The number of anilines is 1. The Kier molecular flexibility index (Phi) is 7.49. The van der Waals surface area contributed by atoms with E-state index in [1.165, 1.54) is 0 Å². The number of nitrogens with one attached hydrogen (secondary N) is 1. The molecule has 0 unspecified atom stereocenters. The molecule has 0 aromatic heterocycles. The number of fused-ring (bicyclic) bond motifs is 1. The first-order valence-electron chi connectivity index (χ1n) is 11.9. The fourth-order valence-electron chi connectivity index (χ4n) is 4.08. The quantitative estimate of drug-likeness (QED) is 0.253. The van der Waals surface area contributed by atoms with Crippen molar-refractivity contribution in [3.05, 3.63) is 112 Å². The standard InChI is InChI=1S/C30H23ClN2O4S/c1-19-12-13-23(16-26(19)31)32-28(34)17-33-29(35)27(38-30(33)36)15-20-6-4-10-24(14-20)37-18-22-9-5-8-21-7-2-3-11-25(21)22/h2-16H,17-18H2,1H3,(H,32,34)/b27-15+. The first-order valence-corrected chi connectivity index (χ1v) is 13.1. The topological polar surface area (TPSA) is 75.7 Å². The van der Waals surface area contributed by atoms with Crippen molar-refractivity contribution in [2.24, 2.45) is 0 Å². The van der Waals surface area contributed by atoms with Gasteiger partial charge in [-0.05, 0) is 76.5 Å². The van der Waals surface area contributed by atoms with Crippen LogP contribution in [0.25, 0.3) is 16.8 Å². The van der Waals surface area contributed by atoms with Gasteiger partial charge in [0.15, 0.2) is 0 Å². The molecule has 1 saturated heterocycles. The number of thioether (sulfide) groups is 1. The SMILES string of the molecule is Cc1ccc(NC(=O)CN2C(=O)S/C(=C/c3cccc(OCc4cccc5ccccc45)c3)C2=O)cc1Cl. The summed E-state index contributed by atoms with van der Waals surface area (Å²) in [4.78, 5) is 39.1. The molecule has 0 aliphatic carbocycles. The van der Waals surface area contributed by atoms with E-state index < -0.39 is 17.1 Å². The predicted octanol–water partition coefficient (Wildman–Crippen LogP) is 7.06. The highest BCUT2D eigenvalue weighted by molar-refractivity contribution is 8.18. The van der Waals surface area contributed by atoms with Crippen LogP contribution in [0.1, 0.15) is 16.7 Å². The Labute approximate surface area is 229 Å². The first kappa shape index (κ1) is 25.6. The third-order valence-corrected chi connectivity index (χ3v) is 7.38. The Morgan fingerprint density at radius 3 is 2.63 bits per heavy atom. The maximum absolute atomic E-state index is 12.9. The van der Waals surface area contributed by atoms with Gasteiger partial charge in [-0.2, -0.15) is 0 Å². The normalized spacial score (nSPS) is 14.4. The van der Waals surface area contributed by atoms with E-state index in [4.69, 9.17) is 16.3 Å². The number of benzene rings is 4. The lowest BCUT2D eigenvalue weighted by Crippen LogP contribution is -2.36. The van der Waals surface area contributed by atoms with Gasteiger partial charge < -0.3 is 10.1 Å². The van der Waals surface area contributed by atoms with Crippen LogP contribution < -0.4 is 10.1 Å². The van der Waals surface area contributed by atoms with E-state index in [-0.39, 0.29) is 11.4 Å². The van der Waals surface area contributed by atoms with Crippen LogP contribution in [-0.2, 0) is 16.2 Å². The van der Waals surface area contributed by atoms with Crippen molar-refractivity contribution in [2.45, 2.75) is 13.5 Å². The highest BCUT2D eigenvalue weighted by Crippen LogP contribution is 2.33. The zero-order valence-corrected chi connectivity index (χ0v) is 22.0. The van der Waals surface area contributed by atoms with Gasteiger partial charge in [0, 0.05) is 10.7 Å². The molecule has 1 fully saturated rings. The summed E-state index contributed by atoms with van der Waals surface area (Å²) in [5.41, 5.74) is 3.16. The minimum Gasteiger partial charge on any atom is -0.489 e. The number of rotatable bonds is 7. The van der Waals surface area contributed by atoms with Crippen molar-refractivity contribution in [3.8, 4) is 5.75 Å². The molecule has 5 rings (SSSR count). The molecule has 0 atom stereocenters. The number of hydrogen-bond donors (Lipinski definition) is 1. The first-order chi connectivity index (χ1) is 18.4. The van der Waals surface area contributed by atoms with E-state index in [0.717, 1.165) is 38.6 Å². The molecule has 38 heavy (non-hydrogen) atoms. The van der Waals surface area contributed by atoms with Gasteiger partial charge in [0.05, 0.1) is 4.91 Å². The maximum Gasteiger partial charge on any atom is 0.294 e. The van der Waals surface area contributed by atoms with E-state index in [1.807, 2.05) is 55.5 Å². The van der Waals surface area contributed by atoms with Crippen molar-refractivity contribution in [1.29, 1.82) is 0 Å². The molecular weight excluding hydrogens is 520 g/mol. The van der Waals surface area contributed by atoms with Crippen molar-refractivity contribution in [2.75, 3.05) is 11.9 Å². The summed E-state index contributed by atoms with van der Waals surface area (Å²) >= 11 is 6.91. The summed E-state index contributed by atoms with van der Waals surface area (Å²) in [6.45, 7) is 1.86. The molecule has 190 valence electrons. The van der Waals surface area contributed by atoms with Gasteiger partial charge in [0.25, 0.3) is 11.1 Å². The minimum absolute atomic E-state index is 0.243. The average molecular weight is 543 g/mol. The average Bonchev–Trinajstić information content (AvgIpc) is 3.17. The van der Waals surface area contributed by atoms with Crippen LogP contribution in [-0.4, -0.2) is 28.5 Å². The molecule has 8 heteroatoms. The lowest BCUT2D eigenvalue weighted by molar-refractivity contribution is -0.127. The van der Waals surface area contributed by atoms with E-state index >= 15 is 0 Å². The molecule has 0 radical (unpaired) electrons. The third-order valence-electron chi connectivity index (χ3n) is 6.06. The van der Waals surface area contributed by atoms with Crippen molar-refractivity contribution in [1.82, 2.24) is 4.90 Å². The zero-order valence-electron chi connectivity index (χ0n) is 20.4. The molecule has 3 amide bonds. The Morgan fingerprint density at radius 1 is 1.00 bits per heavy atom. The molecule has 0 saturated carbocycles. The van der Waals surface area contributed by atoms with Crippen molar-refractivity contribution >= 4 is 63.0 Å². The van der Waals surface area contributed by atoms with Gasteiger partial charge in [-0.15, -0.1) is 0 Å². The molecule has 4 aromatic carbocycles. The molecule has 0 spiro atoms. The second kappa shape index (κ2) is 11.1. The van der Waals surface area contributed by atoms with Crippen LogP contribution in [0.3, 0.4) is 0 Å². The summed E-state index contributed by atoms with van der Waals surface area (Å²) in [5, 5.41) is 4.97. The second-order valence-electron chi connectivity index (χ2n) is 8.78. The van der Waals surface area contributed by atoms with E-state index in [9.17, 15) is 14.4 Å². The van der Waals surface area contributed by atoms with Crippen LogP contribution in [0.5, 0.6) is 5.75 Å². The number of halogens is 1. The van der Waals surface area contributed by atoms with Gasteiger partial charge in [-0.25, -0.2) is 0 Å². The number of hydrogen-bond acceptors (Lipinski definition) is 5. The zero-order chi connectivity index (χ0) is 26.6. The van der Waals surface area contributed by atoms with Crippen LogP contribution >= 0.6 is 23.4 Å². The van der Waals surface area contributed by atoms with Gasteiger partial charge in [0.1, 0.15) is 18.9 Å². The molecule has 1 heterocycles. The number of aryl methyl sites for hydroxylation is 1. The fraction of sp³-hybridized carbons (Fsp3) is 0.100. The van der Waals surface area contributed by atoms with Crippen LogP contribution in [0, 0.1) is 6.92 Å². The lowest BCUT2D eigenvalue weighted by atomic mass is 10.1. The number of imide groups is 1. The summed E-state index contributed by atoms with van der Waals surface area (Å²) in [7, 11) is 0. The van der Waals surface area contributed by atoms with Crippen LogP contribution in [0.15, 0.2) is 89.8 Å². The largest absolute Gasteiger partial charge is 0.489 e. The monoisotopic (exact) mass is 542 g/mol. The minimum atomic E-state index is -0.515. The second-order valence-corrected chi connectivity index (χ2v) is 10.2. The summed E-state index contributed by atoms with van der Waals surface area (Å²) < 4.78 is 6.04. The van der Waals surface area contributed by atoms with E-state index in [0.29, 0.717) is 28.6 Å². The third kappa shape index (κ3) is 5.74. The lowest BCUT2D eigenvalue weighted by Gasteiger charge is -2.13. The molecule has 4 aromatic rings. The molecule has 6 nitrogen and oxygen atoms in total. The molecule has 0 bridgehead atoms. The summed E-state index contributed by atoms with van der Waals surface area (Å²) in [6.07, 6.45) is 1.63. The summed E-state index contributed by atoms with van der Waals surface area (Å²) in [5.74, 6) is -0.362. The highest BCUT2D eigenvalue weighted by Gasteiger charge is 2.36. The number of nitrogens with zero attached hydrogens (tertiary/aromatic N) is 1. The van der Waals surface area contributed by atoms with Gasteiger partial charge in [-0.1, -0.05) is 72.3 Å². The Bertz CT molecular complexity index is 1600. The molecule has 1 N–H and O–H groups in total.